The molecule has 0 aromatic rings. The molecule has 0 atom stereocenters. The van der Waals surface area contributed by atoms with Gasteiger partial charge in [0.25, 0.3) is 0 Å². The molecule has 0 N–H and O–H groups in total. The molecule has 0 aliphatic rings. The van der Waals surface area contributed by atoms with Gasteiger partial charge in [0.1, 0.15) is 0 Å². The first-order valence-corrected chi connectivity index (χ1v) is 6.78. The van der Waals surface area contributed by atoms with Crippen LogP contribution in [0.25, 0.3) is 0 Å². The Morgan fingerprint density at radius 2 is 1.69 bits per heavy atom. The van der Waals surface area contributed by atoms with Crippen molar-refractivity contribution in [3.8, 4) is 0 Å². The quantitative estimate of drug-likeness (QED) is 0.475. The van der Waals surface area contributed by atoms with Gasteiger partial charge in [-0.15, -0.1) is 0 Å². The molecule has 0 bridgehead atoms. The smallest absolute Gasteiger partial charge is 0.0275 e. The molecule has 0 saturated carbocycles. The molecule has 0 amide bonds. The minimum atomic E-state index is 0.474. The van der Waals surface area contributed by atoms with E-state index >= 15 is 0 Å². The monoisotopic (exact) mass is 224 g/mol. The van der Waals surface area contributed by atoms with Crippen molar-refractivity contribution in [3.05, 3.63) is 23.8 Å². The second-order valence-electron chi connectivity index (χ2n) is 4.88. The van der Waals surface area contributed by atoms with Crippen LogP contribution in [0.4, 0.5) is 0 Å². The first kappa shape index (κ1) is 17.9. The fraction of sp³-hybridized carbons (Fsp3) is 0.750. The highest BCUT2D eigenvalue weighted by molar-refractivity contribution is 5.22. The first-order valence-electron chi connectivity index (χ1n) is 6.78. The Hall–Kier alpha value is -0.520. The van der Waals surface area contributed by atoms with Crippen molar-refractivity contribution in [2.24, 2.45) is 5.41 Å². The van der Waals surface area contributed by atoms with E-state index in [0.717, 1.165) is 6.42 Å². The normalized spacial score (nSPS) is 12.4. The van der Waals surface area contributed by atoms with Crippen LogP contribution in [0.1, 0.15) is 74.1 Å². The van der Waals surface area contributed by atoms with E-state index in [0.29, 0.717) is 5.41 Å². The lowest BCUT2D eigenvalue weighted by Crippen LogP contribution is -2.09. The van der Waals surface area contributed by atoms with Gasteiger partial charge >= 0.3 is 0 Å². The molecule has 0 saturated heterocycles. The van der Waals surface area contributed by atoms with Crippen molar-refractivity contribution < 1.29 is 0 Å². The summed E-state index contributed by atoms with van der Waals surface area (Å²) in [6, 6.07) is 0. The molecule has 96 valence electrons. The summed E-state index contributed by atoms with van der Waals surface area (Å²) in [6.45, 7) is 19.3. The summed E-state index contributed by atoms with van der Waals surface area (Å²) in [4.78, 5) is 0. The van der Waals surface area contributed by atoms with Crippen molar-refractivity contribution in [3.63, 3.8) is 0 Å². The van der Waals surface area contributed by atoms with Gasteiger partial charge < -0.3 is 0 Å². The van der Waals surface area contributed by atoms with Crippen LogP contribution in [-0.4, -0.2) is 0 Å². The summed E-state index contributed by atoms with van der Waals surface area (Å²) in [5, 5.41) is 0. The molecule has 0 radical (unpaired) electrons. The van der Waals surface area contributed by atoms with Crippen LogP contribution in [0.3, 0.4) is 0 Å². The number of rotatable bonds is 6. The zero-order valence-corrected chi connectivity index (χ0v) is 12.6. The molecule has 16 heavy (non-hydrogen) atoms. The summed E-state index contributed by atoms with van der Waals surface area (Å²) in [6.07, 6.45) is 6.88. The van der Waals surface area contributed by atoms with Crippen molar-refractivity contribution in [1.82, 2.24) is 0 Å². The molecule has 0 nitrogen and oxygen atoms in total. The third-order valence-corrected chi connectivity index (χ3v) is 3.35. The third-order valence-electron chi connectivity index (χ3n) is 3.35. The van der Waals surface area contributed by atoms with E-state index in [1.165, 1.54) is 30.4 Å². The predicted molar refractivity (Wildman–Crippen MR) is 77.8 cm³/mol. The molecule has 0 unspecified atom stereocenters. The first-order chi connectivity index (χ1) is 7.46. The van der Waals surface area contributed by atoms with Crippen LogP contribution in [0, 0.1) is 5.41 Å². The van der Waals surface area contributed by atoms with Crippen LogP contribution in [0.15, 0.2) is 23.8 Å². The van der Waals surface area contributed by atoms with Crippen LogP contribution < -0.4 is 0 Å². The van der Waals surface area contributed by atoms with Gasteiger partial charge in [0, 0.05) is 0 Å². The van der Waals surface area contributed by atoms with Crippen LogP contribution >= 0.6 is 0 Å². The van der Waals surface area contributed by atoms with Gasteiger partial charge in [-0.2, -0.15) is 0 Å². The number of hydrogen-bond acceptors (Lipinski definition) is 0. The van der Waals surface area contributed by atoms with Gasteiger partial charge in [-0.05, 0) is 37.2 Å². The topological polar surface area (TPSA) is 0 Å². The molecule has 0 aromatic carbocycles. The second-order valence-corrected chi connectivity index (χ2v) is 4.88. The zero-order valence-electron chi connectivity index (χ0n) is 12.6. The highest BCUT2D eigenvalue weighted by Gasteiger charge is 2.14. The Kier molecular flexibility index (Phi) is 10.8. The van der Waals surface area contributed by atoms with E-state index < -0.39 is 0 Å². The zero-order chi connectivity index (χ0) is 13.2. The molecular weight excluding hydrogens is 192 g/mol. The van der Waals surface area contributed by atoms with Gasteiger partial charge in [-0.1, -0.05) is 66.2 Å². The Bertz CT molecular complexity index is 206. The third kappa shape index (κ3) is 7.73. The lowest BCUT2D eigenvalue weighted by atomic mass is 9.83. The minimum absolute atomic E-state index is 0.474. The van der Waals surface area contributed by atoms with Crippen LogP contribution in [0.2, 0.25) is 0 Å². The van der Waals surface area contributed by atoms with Crippen molar-refractivity contribution in [2.75, 3.05) is 0 Å². The summed E-state index contributed by atoms with van der Waals surface area (Å²) in [5.41, 5.74) is 3.42. The van der Waals surface area contributed by atoms with E-state index in [9.17, 15) is 0 Å². The Labute approximate surface area is 104 Å². The fourth-order valence-corrected chi connectivity index (χ4v) is 1.37. The average Bonchev–Trinajstić information content (AvgIpc) is 2.32. The minimum Gasteiger partial charge on any atom is -0.0988 e. The van der Waals surface area contributed by atoms with E-state index in [1.54, 1.807) is 0 Å². The maximum absolute atomic E-state index is 3.90. The molecule has 0 spiro atoms. The van der Waals surface area contributed by atoms with E-state index in [2.05, 4.69) is 41.2 Å². The molecule has 0 rings (SSSR count). The number of allylic oxidation sites excluding steroid dienone is 3. The summed E-state index contributed by atoms with van der Waals surface area (Å²) >= 11 is 0. The molecule has 0 heteroatoms. The highest BCUT2D eigenvalue weighted by Crippen LogP contribution is 2.29. The van der Waals surface area contributed by atoms with E-state index in [4.69, 9.17) is 0 Å². The van der Waals surface area contributed by atoms with Crippen LogP contribution in [0.5, 0.6) is 0 Å². The molecule has 0 fully saturated rings. The Morgan fingerprint density at radius 3 is 2.00 bits per heavy atom. The second kappa shape index (κ2) is 9.69. The molecule has 0 aliphatic carbocycles. The van der Waals surface area contributed by atoms with Gasteiger partial charge in [0.05, 0.1) is 0 Å². The van der Waals surface area contributed by atoms with Crippen molar-refractivity contribution >= 4 is 0 Å². The molecule has 0 aliphatic heterocycles. The predicted octanol–water partition coefficient (Wildman–Crippen LogP) is 6.14. The molecule has 0 aromatic heterocycles. The van der Waals surface area contributed by atoms with Gasteiger partial charge in [-0.25, -0.2) is 0 Å². The van der Waals surface area contributed by atoms with Gasteiger partial charge in [-0.3, -0.25) is 0 Å². The summed E-state index contributed by atoms with van der Waals surface area (Å²) in [7, 11) is 0. The average molecular weight is 224 g/mol. The Balaban J connectivity index is 0. The van der Waals surface area contributed by atoms with E-state index in [-0.39, 0.29) is 0 Å². The standard InChI is InChI=1S/C14H26.C2H6/c1-7-12(4)13(8-2)10-11-14(5,6)9-3;1-2/h8H,2,7,9-11H2,1,3-6H3;1-2H3/b13-12+;. The van der Waals surface area contributed by atoms with Crippen molar-refractivity contribution in [2.45, 2.75) is 74.1 Å². The SMILES string of the molecule is C=C/C(CCC(C)(C)CC)=C(/C)CC.CC. The van der Waals surface area contributed by atoms with Crippen molar-refractivity contribution in [1.29, 1.82) is 0 Å². The fourth-order valence-electron chi connectivity index (χ4n) is 1.37. The highest BCUT2D eigenvalue weighted by atomic mass is 14.2. The molecular formula is C16H32. The van der Waals surface area contributed by atoms with Gasteiger partial charge in [0.15, 0.2) is 0 Å². The maximum Gasteiger partial charge on any atom is -0.0275 e. The van der Waals surface area contributed by atoms with E-state index in [1.807, 2.05) is 19.9 Å². The Morgan fingerprint density at radius 1 is 1.19 bits per heavy atom. The summed E-state index contributed by atoms with van der Waals surface area (Å²) in [5.74, 6) is 0. The lowest BCUT2D eigenvalue weighted by Gasteiger charge is -2.23. The number of hydrogen-bond donors (Lipinski definition) is 0. The van der Waals surface area contributed by atoms with Gasteiger partial charge in [0.2, 0.25) is 0 Å². The van der Waals surface area contributed by atoms with Crippen LogP contribution in [-0.2, 0) is 0 Å². The maximum atomic E-state index is 3.90. The molecule has 0 heterocycles. The largest absolute Gasteiger partial charge is 0.0988 e. The lowest BCUT2D eigenvalue weighted by molar-refractivity contribution is 0.323. The summed E-state index contributed by atoms with van der Waals surface area (Å²) < 4.78 is 0.